The van der Waals surface area contributed by atoms with Crippen LogP contribution < -0.4 is 0 Å². The van der Waals surface area contributed by atoms with Gasteiger partial charge >= 0.3 is 0 Å². The molecular weight excluding hydrogens is 384 g/mol. The van der Waals surface area contributed by atoms with Crippen molar-refractivity contribution in [2.24, 2.45) is 23.2 Å². The maximum Gasteiger partial charge on any atom is 0.0777 e. The highest BCUT2D eigenvalue weighted by molar-refractivity contribution is 5.43. The number of hydrogen-bond acceptors (Lipinski definition) is 3. The van der Waals surface area contributed by atoms with Crippen LogP contribution in [0, 0.1) is 23.2 Å². The molecule has 0 amide bonds. The molecule has 3 heteroatoms. The fraction of sp³-hybridized carbons (Fsp3) is 0.786. The van der Waals surface area contributed by atoms with Crippen LogP contribution in [0.4, 0.5) is 0 Å². The van der Waals surface area contributed by atoms with Gasteiger partial charge in [-0.3, -0.25) is 0 Å². The van der Waals surface area contributed by atoms with E-state index in [9.17, 15) is 15.3 Å². The number of allylic oxidation sites excluding steroid dienone is 4. The molecule has 0 aromatic carbocycles. The summed E-state index contributed by atoms with van der Waals surface area (Å²) in [6.07, 6.45) is 13.1. The zero-order chi connectivity index (χ0) is 23.0. The van der Waals surface area contributed by atoms with Gasteiger partial charge in [-0.05, 0) is 112 Å². The van der Waals surface area contributed by atoms with Gasteiger partial charge in [-0.25, -0.2) is 0 Å². The predicted molar refractivity (Wildman–Crippen MR) is 129 cm³/mol. The van der Waals surface area contributed by atoms with Crippen LogP contribution >= 0.6 is 0 Å². The van der Waals surface area contributed by atoms with Gasteiger partial charge in [-0.2, -0.15) is 0 Å². The molecule has 0 heterocycles. The summed E-state index contributed by atoms with van der Waals surface area (Å²) in [6.45, 7) is 13.0. The molecule has 6 atom stereocenters. The van der Waals surface area contributed by atoms with Crippen LogP contribution in [0.2, 0.25) is 0 Å². The summed E-state index contributed by atoms with van der Waals surface area (Å²) in [4.78, 5) is 0. The average molecular weight is 431 g/mol. The SMILES string of the molecule is CC1=C(/C(C)=C\C2=CCC[C@@]3(C)C2CCC3[C@H](C)CCCC(C)(C)O)C[C@@H](O)C[C@@H]1O. The molecule has 176 valence electrons. The van der Waals surface area contributed by atoms with Gasteiger partial charge in [0.2, 0.25) is 0 Å². The van der Waals surface area contributed by atoms with Crippen LogP contribution in [0.3, 0.4) is 0 Å². The maximum absolute atomic E-state index is 10.3. The Hall–Kier alpha value is -0.900. The van der Waals surface area contributed by atoms with Gasteiger partial charge in [-0.15, -0.1) is 0 Å². The van der Waals surface area contributed by atoms with Gasteiger partial charge < -0.3 is 15.3 Å². The highest BCUT2D eigenvalue weighted by Gasteiger charge is 2.49. The molecule has 0 radical (unpaired) electrons. The molecule has 0 aromatic rings. The van der Waals surface area contributed by atoms with E-state index in [4.69, 9.17) is 0 Å². The van der Waals surface area contributed by atoms with Crippen LogP contribution in [0.1, 0.15) is 99.3 Å². The van der Waals surface area contributed by atoms with Crippen molar-refractivity contribution in [3.63, 3.8) is 0 Å². The number of hydrogen-bond donors (Lipinski definition) is 3. The Kier molecular flexibility index (Phi) is 7.61. The molecule has 1 fully saturated rings. The quantitative estimate of drug-likeness (QED) is 0.458. The van der Waals surface area contributed by atoms with E-state index < -0.39 is 17.8 Å². The molecule has 3 aliphatic carbocycles. The van der Waals surface area contributed by atoms with Crippen molar-refractivity contribution in [1.29, 1.82) is 0 Å². The van der Waals surface area contributed by atoms with Crippen molar-refractivity contribution in [1.82, 2.24) is 0 Å². The molecule has 1 saturated carbocycles. The minimum Gasteiger partial charge on any atom is -0.393 e. The van der Waals surface area contributed by atoms with E-state index in [0.717, 1.165) is 36.3 Å². The Balaban J connectivity index is 1.74. The molecule has 31 heavy (non-hydrogen) atoms. The smallest absolute Gasteiger partial charge is 0.0777 e. The molecule has 0 aliphatic heterocycles. The molecule has 3 rings (SSSR count). The normalized spacial score (nSPS) is 35.8. The molecule has 0 bridgehead atoms. The van der Waals surface area contributed by atoms with E-state index in [1.165, 1.54) is 36.8 Å². The minimum atomic E-state index is -0.558. The summed E-state index contributed by atoms with van der Waals surface area (Å²) < 4.78 is 0. The third-order valence-corrected chi connectivity index (χ3v) is 8.78. The zero-order valence-corrected chi connectivity index (χ0v) is 20.7. The standard InChI is InChI=1S/C28H46O3/c1-18(9-7-13-27(4,5)31)24-11-12-25-21(10-8-14-28(24,25)6)15-19(2)23-16-22(29)17-26(30)20(23)3/h10,15,18,22,24-26,29-31H,7-9,11-14,16-17H2,1-6H3/b19-15-/t18-,22-,24?,25?,26+,28-/m1/s1. The third kappa shape index (κ3) is 5.54. The lowest BCUT2D eigenvalue weighted by Gasteiger charge is -2.43. The van der Waals surface area contributed by atoms with Crippen molar-refractivity contribution in [3.8, 4) is 0 Å². The van der Waals surface area contributed by atoms with Crippen LogP contribution in [0.5, 0.6) is 0 Å². The first-order valence-corrected chi connectivity index (χ1v) is 12.6. The van der Waals surface area contributed by atoms with Gasteiger partial charge in [0, 0.05) is 6.42 Å². The second kappa shape index (κ2) is 9.53. The van der Waals surface area contributed by atoms with E-state index in [0.29, 0.717) is 30.1 Å². The fourth-order valence-corrected chi connectivity index (χ4v) is 6.94. The van der Waals surface area contributed by atoms with Crippen molar-refractivity contribution < 1.29 is 15.3 Å². The molecule has 0 spiro atoms. The first-order chi connectivity index (χ1) is 14.4. The average Bonchev–Trinajstić information content (AvgIpc) is 3.01. The second-order valence-electron chi connectivity index (χ2n) is 11.8. The van der Waals surface area contributed by atoms with Crippen molar-refractivity contribution in [3.05, 3.63) is 34.4 Å². The summed E-state index contributed by atoms with van der Waals surface area (Å²) in [5.41, 5.74) is 4.67. The van der Waals surface area contributed by atoms with E-state index in [2.05, 4.69) is 32.9 Å². The molecular formula is C28H46O3. The van der Waals surface area contributed by atoms with Gasteiger partial charge in [0.15, 0.2) is 0 Å². The summed E-state index contributed by atoms with van der Waals surface area (Å²) in [7, 11) is 0. The first-order valence-electron chi connectivity index (χ1n) is 12.6. The second-order valence-corrected chi connectivity index (χ2v) is 11.8. The van der Waals surface area contributed by atoms with Crippen LogP contribution in [-0.4, -0.2) is 33.1 Å². The van der Waals surface area contributed by atoms with E-state index in [1.54, 1.807) is 0 Å². The number of aliphatic hydroxyl groups excluding tert-OH is 2. The number of rotatable bonds is 7. The highest BCUT2D eigenvalue weighted by atomic mass is 16.3. The Morgan fingerprint density at radius 1 is 1.29 bits per heavy atom. The van der Waals surface area contributed by atoms with Crippen molar-refractivity contribution in [2.75, 3.05) is 0 Å². The fourth-order valence-electron chi connectivity index (χ4n) is 6.94. The third-order valence-electron chi connectivity index (χ3n) is 8.78. The van der Waals surface area contributed by atoms with Crippen molar-refractivity contribution >= 4 is 0 Å². The van der Waals surface area contributed by atoms with Gasteiger partial charge in [0.25, 0.3) is 0 Å². The Morgan fingerprint density at radius 3 is 2.68 bits per heavy atom. The number of fused-ring (bicyclic) bond motifs is 1. The largest absolute Gasteiger partial charge is 0.393 e. The predicted octanol–water partition coefficient (Wildman–Crippen LogP) is 6.09. The Labute approximate surface area is 190 Å². The summed E-state index contributed by atoms with van der Waals surface area (Å²) in [6, 6.07) is 0. The number of aliphatic hydroxyl groups is 3. The van der Waals surface area contributed by atoms with E-state index >= 15 is 0 Å². The first kappa shape index (κ1) is 24.7. The molecule has 2 unspecified atom stereocenters. The lowest BCUT2D eigenvalue weighted by Crippen LogP contribution is -2.35. The zero-order valence-electron chi connectivity index (χ0n) is 20.7. The van der Waals surface area contributed by atoms with Crippen LogP contribution in [0.15, 0.2) is 34.4 Å². The summed E-state index contributed by atoms with van der Waals surface area (Å²) >= 11 is 0. The van der Waals surface area contributed by atoms with Crippen LogP contribution in [-0.2, 0) is 0 Å². The maximum atomic E-state index is 10.3. The highest BCUT2D eigenvalue weighted by Crippen LogP contribution is 2.59. The molecule has 0 aromatic heterocycles. The van der Waals surface area contributed by atoms with Crippen LogP contribution in [0.25, 0.3) is 0 Å². The lowest BCUT2D eigenvalue weighted by atomic mass is 9.62. The lowest BCUT2D eigenvalue weighted by molar-refractivity contribution is 0.0613. The van der Waals surface area contributed by atoms with Gasteiger partial charge in [0.1, 0.15) is 0 Å². The summed E-state index contributed by atoms with van der Waals surface area (Å²) in [5, 5.41) is 30.5. The monoisotopic (exact) mass is 430 g/mol. The Bertz CT molecular complexity index is 738. The topological polar surface area (TPSA) is 60.7 Å². The molecule has 3 aliphatic rings. The summed E-state index contributed by atoms with van der Waals surface area (Å²) in [5.74, 6) is 2.05. The van der Waals surface area contributed by atoms with Gasteiger partial charge in [0.05, 0.1) is 17.8 Å². The van der Waals surface area contributed by atoms with E-state index in [-0.39, 0.29) is 0 Å². The molecule has 0 saturated heterocycles. The molecule has 3 nitrogen and oxygen atoms in total. The van der Waals surface area contributed by atoms with E-state index in [1.807, 2.05) is 20.8 Å². The molecule has 3 N–H and O–H groups in total. The Morgan fingerprint density at radius 2 is 2.00 bits per heavy atom. The minimum absolute atomic E-state index is 0.351. The van der Waals surface area contributed by atoms with Crippen molar-refractivity contribution in [2.45, 2.75) is 117 Å². The van der Waals surface area contributed by atoms with Gasteiger partial charge in [-0.1, -0.05) is 38.8 Å².